The molecule has 0 amide bonds. The van der Waals surface area contributed by atoms with Crippen LogP contribution < -0.4 is 15.4 Å². The number of nitrogens with one attached hydrogen (secondary N) is 2. The van der Waals surface area contributed by atoms with Gasteiger partial charge in [-0.15, -0.1) is 24.0 Å². The maximum Gasteiger partial charge on any atom is 0.191 e. The van der Waals surface area contributed by atoms with Crippen molar-refractivity contribution in [1.29, 1.82) is 0 Å². The molecule has 0 aliphatic heterocycles. The number of ether oxygens (including phenoxy) is 2. The Morgan fingerprint density at radius 1 is 1.26 bits per heavy atom. The lowest BCUT2D eigenvalue weighted by Gasteiger charge is -2.17. The minimum absolute atomic E-state index is 0. The average molecular weight is 435 g/mol. The van der Waals surface area contributed by atoms with E-state index < -0.39 is 0 Å². The van der Waals surface area contributed by atoms with Gasteiger partial charge in [0.15, 0.2) is 5.96 Å². The molecule has 0 heterocycles. The van der Waals surface area contributed by atoms with Crippen molar-refractivity contribution in [1.82, 2.24) is 10.6 Å². The van der Waals surface area contributed by atoms with Gasteiger partial charge in [0.05, 0.1) is 13.2 Å². The summed E-state index contributed by atoms with van der Waals surface area (Å²) in [5.41, 5.74) is 1.24. The molecule has 132 valence electrons. The van der Waals surface area contributed by atoms with Crippen molar-refractivity contribution in [2.75, 3.05) is 33.4 Å². The molecule has 0 aromatic heterocycles. The summed E-state index contributed by atoms with van der Waals surface area (Å²) in [7, 11) is 1.70. The van der Waals surface area contributed by atoms with Gasteiger partial charge in [-0.2, -0.15) is 0 Å². The van der Waals surface area contributed by atoms with Crippen LogP contribution in [0.4, 0.5) is 0 Å². The zero-order valence-corrected chi connectivity index (χ0v) is 16.9. The molecule has 0 bridgehead atoms. The molecule has 1 aromatic carbocycles. The third-order valence-corrected chi connectivity index (χ3v) is 3.01. The fourth-order valence-electron chi connectivity index (χ4n) is 1.93. The summed E-state index contributed by atoms with van der Waals surface area (Å²) in [5, 5.41) is 6.54. The topological polar surface area (TPSA) is 54.9 Å². The van der Waals surface area contributed by atoms with Crippen LogP contribution in [0.1, 0.15) is 25.8 Å². The summed E-state index contributed by atoms with van der Waals surface area (Å²) in [4.78, 5) is 4.54. The highest BCUT2D eigenvalue weighted by Crippen LogP contribution is 2.11. The summed E-state index contributed by atoms with van der Waals surface area (Å²) < 4.78 is 10.8. The van der Waals surface area contributed by atoms with Crippen LogP contribution in [0.5, 0.6) is 5.75 Å². The maximum atomic E-state index is 5.69. The minimum Gasteiger partial charge on any atom is -0.494 e. The molecule has 1 unspecified atom stereocenters. The number of hydrogen-bond acceptors (Lipinski definition) is 3. The van der Waals surface area contributed by atoms with Crippen molar-refractivity contribution < 1.29 is 9.47 Å². The van der Waals surface area contributed by atoms with Gasteiger partial charge in [-0.1, -0.05) is 17.7 Å². The van der Waals surface area contributed by atoms with E-state index in [-0.39, 0.29) is 30.0 Å². The first kappa shape index (κ1) is 22.0. The third kappa shape index (κ3) is 10.4. The smallest absolute Gasteiger partial charge is 0.191 e. The quantitative estimate of drug-likeness (QED) is 0.271. The van der Waals surface area contributed by atoms with Crippen molar-refractivity contribution in [3.8, 4) is 5.75 Å². The molecular weight excluding hydrogens is 405 g/mol. The van der Waals surface area contributed by atoms with Gasteiger partial charge >= 0.3 is 0 Å². The Labute approximate surface area is 157 Å². The first-order chi connectivity index (χ1) is 10.7. The van der Waals surface area contributed by atoms with Crippen molar-refractivity contribution in [2.45, 2.75) is 33.2 Å². The molecule has 6 heteroatoms. The average Bonchev–Trinajstić information content (AvgIpc) is 2.49. The SMILES string of the molecule is CCNC(=NCCCOc1ccc(C)cc1)NC(C)COC.I. The summed E-state index contributed by atoms with van der Waals surface area (Å²) in [6.07, 6.45) is 0.878. The summed E-state index contributed by atoms with van der Waals surface area (Å²) in [5.74, 6) is 1.73. The van der Waals surface area contributed by atoms with E-state index >= 15 is 0 Å². The summed E-state index contributed by atoms with van der Waals surface area (Å²) in [6, 6.07) is 8.33. The highest BCUT2D eigenvalue weighted by Gasteiger charge is 2.03. The minimum atomic E-state index is 0. The molecule has 0 radical (unpaired) electrons. The van der Waals surface area contributed by atoms with Gasteiger partial charge < -0.3 is 20.1 Å². The first-order valence-corrected chi connectivity index (χ1v) is 7.89. The Morgan fingerprint density at radius 2 is 1.96 bits per heavy atom. The van der Waals surface area contributed by atoms with E-state index in [9.17, 15) is 0 Å². The van der Waals surface area contributed by atoms with Crippen molar-refractivity contribution in [2.24, 2.45) is 4.99 Å². The normalized spacial score (nSPS) is 12.3. The Kier molecular flexibility index (Phi) is 12.8. The first-order valence-electron chi connectivity index (χ1n) is 7.89. The molecule has 2 N–H and O–H groups in total. The molecular formula is C17H30IN3O2. The molecule has 0 aliphatic carbocycles. The van der Waals surface area contributed by atoms with Crippen molar-refractivity contribution in [3.05, 3.63) is 29.8 Å². The van der Waals surface area contributed by atoms with Crippen molar-refractivity contribution in [3.63, 3.8) is 0 Å². The lowest BCUT2D eigenvalue weighted by Crippen LogP contribution is -2.44. The lowest BCUT2D eigenvalue weighted by atomic mass is 10.2. The fraction of sp³-hybridized carbons (Fsp3) is 0.588. The molecule has 1 rings (SSSR count). The van der Waals surface area contributed by atoms with Crippen LogP contribution in [0.25, 0.3) is 0 Å². The van der Waals surface area contributed by atoms with E-state index in [0.717, 1.165) is 31.2 Å². The van der Waals surface area contributed by atoms with E-state index in [1.165, 1.54) is 5.56 Å². The van der Waals surface area contributed by atoms with E-state index in [1.54, 1.807) is 7.11 Å². The van der Waals surface area contributed by atoms with Gasteiger partial charge in [0, 0.05) is 32.7 Å². The molecule has 0 spiro atoms. The maximum absolute atomic E-state index is 5.69. The number of hydrogen-bond donors (Lipinski definition) is 2. The van der Waals surface area contributed by atoms with Gasteiger partial charge in [0.2, 0.25) is 0 Å². The fourth-order valence-corrected chi connectivity index (χ4v) is 1.93. The molecule has 0 aliphatic rings. The van der Waals surface area contributed by atoms with Crippen LogP contribution in [0.2, 0.25) is 0 Å². The Balaban J connectivity index is 0.00000484. The molecule has 0 saturated carbocycles. The van der Waals surface area contributed by atoms with Gasteiger partial charge in [-0.05, 0) is 32.9 Å². The second-order valence-corrected chi connectivity index (χ2v) is 5.28. The lowest BCUT2D eigenvalue weighted by molar-refractivity contribution is 0.179. The van der Waals surface area contributed by atoms with E-state index in [1.807, 2.05) is 12.1 Å². The predicted octanol–water partition coefficient (Wildman–Crippen LogP) is 2.97. The third-order valence-electron chi connectivity index (χ3n) is 3.01. The second-order valence-electron chi connectivity index (χ2n) is 5.28. The van der Waals surface area contributed by atoms with Crippen LogP contribution in [0, 0.1) is 6.92 Å². The Morgan fingerprint density at radius 3 is 2.57 bits per heavy atom. The van der Waals surface area contributed by atoms with Gasteiger partial charge in [-0.3, -0.25) is 4.99 Å². The number of nitrogens with zero attached hydrogens (tertiary/aromatic N) is 1. The zero-order valence-electron chi connectivity index (χ0n) is 14.6. The number of halogens is 1. The summed E-state index contributed by atoms with van der Waals surface area (Å²) >= 11 is 0. The number of aryl methyl sites for hydroxylation is 1. The highest BCUT2D eigenvalue weighted by molar-refractivity contribution is 14.0. The Hall–Kier alpha value is -1.02. The highest BCUT2D eigenvalue weighted by atomic mass is 127. The number of aliphatic imine (C=N–C) groups is 1. The van der Waals surface area contributed by atoms with Gasteiger partial charge in [0.25, 0.3) is 0 Å². The number of guanidine groups is 1. The zero-order chi connectivity index (χ0) is 16.2. The molecule has 5 nitrogen and oxygen atoms in total. The van der Waals surface area contributed by atoms with Crippen LogP contribution in [-0.4, -0.2) is 45.4 Å². The largest absolute Gasteiger partial charge is 0.494 e. The standard InChI is InChI=1S/C17H29N3O2.HI/c1-5-18-17(20-15(3)13-21-4)19-11-6-12-22-16-9-7-14(2)8-10-16;/h7-10,15H,5-6,11-13H2,1-4H3,(H2,18,19,20);1H. The molecule has 0 saturated heterocycles. The van der Waals surface area contributed by atoms with Crippen LogP contribution >= 0.6 is 24.0 Å². The Bertz CT molecular complexity index is 438. The van der Waals surface area contributed by atoms with E-state index in [0.29, 0.717) is 13.2 Å². The number of methoxy groups -OCH3 is 1. The van der Waals surface area contributed by atoms with Crippen LogP contribution in [0.3, 0.4) is 0 Å². The predicted molar refractivity (Wildman–Crippen MR) is 107 cm³/mol. The number of rotatable bonds is 9. The monoisotopic (exact) mass is 435 g/mol. The molecule has 1 aromatic rings. The molecule has 23 heavy (non-hydrogen) atoms. The van der Waals surface area contributed by atoms with Crippen LogP contribution in [0.15, 0.2) is 29.3 Å². The van der Waals surface area contributed by atoms with E-state index in [2.05, 4.69) is 48.5 Å². The second kappa shape index (κ2) is 13.4. The van der Waals surface area contributed by atoms with E-state index in [4.69, 9.17) is 9.47 Å². The molecule has 1 atom stereocenters. The van der Waals surface area contributed by atoms with Crippen LogP contribution in [-0.2, 0) is 4.74 Å². The molecule has 0 fully saturated rings. The summed E-state index contributed by atoms with van der Waals surface area (Å²) in [6.45, 7) is 9.07. The van der Waals surface area contributed by atoms with Gasteiger partial charge in [-0.25, -0.2) is 0 Å². The number of benzene rings is 1. The van der Waals surface area contributed by atoms with Gasteiger partial charge in [0.1, 0.15) is 5.75 Å². The van der Waals surface area contributed by atoms with Crippen molar-refractivity contribution >= 4 is 29.9 Å².